The van der Waals surface area contributed by atoms with Crippen LogP contribution in [0.15, 0.2) is 0 Å². The Kier molecular flexibility index (Phi) is 17.0. The van der Waals surface area contributed by atoms with E-state index in [-0.39, 0.29) is 0 Å². The van der Waals surface area contributed by atoms with Gasteiger partial charge in [-0.1, -0.05) is 70.6 Å². The first-order chi connectivity index (χ1) is 10.3. The van der Waals surface area contributed by atoms with Gasteiger partial charge in [-0.3, -0.25) is 4.79 Å². The van der Waals surface area contributed by atoms with Crippen molar-refractivity contribution >= 4 is 5.97 Å². The summed E-state index contributed by atoms with van der Waals surface area (Å²) in [6.07, 6.45) is 16.8. The van der Waals surface area contributed by atoms with Gasteiger partial charge in [-0.25, -0.2) is 0 Å². The van der Waals surface area contributed by atoms with E-state index < -0.39 is 5.97 Å². The lowest BCUT2D eigenvalue weighted by Gasteiger charge is -2.03. The van der Waals surface area contributed by atoms with Gasteiger partial charge in [0.2, 0.25) is 0 Å². The van der Waals surface area contributed by atoms with Crippen LogP contribution in [-0.2, 0) is 9.53 Å². The number of carboxylic acid groups (broad SMARTS) is 1. The Balaban J connectivity index is 2.95. The zero-order valence-electron chi connectivity index (χ0n) is 14.1. The van der Waals surface area contributed by atoms with E-state index >= 15 is 0 Å². The number of aliphatic carboxylic acids is 1. The van der Waals surface area contributed by atoms with Crippen molar-refractivity contribution in [3.63, 3.8) is 0 Å². The van der Waals surface area contributed by atoms with Gasteiger partial charge in [-0.15, -0.1) is 0 Å². The summed E-state index contributed by atoms with van der Waals surface area (Å²) in [5.74, 6) is -0.659. The zero-order chi connectivity index (χ0) is 15.6. The van der Waals surface area contributed by atoms with Gasteiger partial charge in [0.25, 0.3) is 0 Å². The summed E-state index contributed by atoms with van der Waals surface area (Å²) in [5, 5.41) is 8.52. The van der Waals surface area contributed by atoms with Crippen LogP contribution in [0, 0.1) is 0 Å². The number of hydrogen-bond donors (Lipinski definition) is 1. The van der Waals surface area contributed by atoms with E-state index in [1.165, 1.54) is 70.6 Å². The number of carboxylic acids is 1. The fourth-order valence-electron chi connectivity index (χ4n) is 2.57. The van der Waals surface area contributed by atoms with Gasteiger partial charge >= 0.3 is 5.97 Å². The molecule has 0 atom stereocenters. The van der Waals surface area contributed by atoms with E-state index in [1.54, 1.807) is 0 Å². The second kappa shape index (κ2) is 17.5. The first-order valence-electron chi connectivity index (χ1n) is 9.07. The Hall–Kier alpha value is -0.570. The van der Waals surface area contributed by atoms with Gasteiger partial charge in [0.05, 0.1) is 0 Å². The van der Waals surface area contributed by atoms with Crippen LogP contribution in [0.3, 0.4) is 0 Å². The number of unbranched alkanes of at least 4 members (excludes halogenated alkanes) is 12. The molecule has 0 fully saturated rings. The smallest absolute Gasteiger partial charge is 0.303 e. The molecule has 0 saturated carbocycles. The fourth-order valence-corrected chi connectivity index (χ4v) is 2.57. The zero-order valence-corrected chi connectivity index (χ0v) is 14.1. The highest BCUT2D eigenvalue weighted by molar-refractivity contribution is 5.66. The van der Waals surface area contributed by atoms with Crippen LogP contribution in [0.25, 0.3) is 0 Å². The van der Waals surface area contributed by atoms with Crippen molar-refractivity contribution in [3.8, 4) is 0 Å². The molecule has 3 nitrogen and oxygen atoms in total. The van der Waals surface area contributed by atoms with Crippen LogP contribution in [0.1, 0.15) is 96.8 Å². The Morgan fingerprint density at radius 3 is 1.48 bits per heavy atom. The van der Waals surface area contributed by atoms with Gasteiger partial charge in [0, 0.05) is 19.6 Å². The molecule has 21 heavy (non-hydrogen) atoms. The molecule has 0 unspecified atom stereocenters. The average molecular weight is 300 g/mol. The molecule has 0 bridgehead atoms. The Bertz CT molecular complexity index is 217. The predicted octanol–water partition coefficient (Wildman–Crippen LogP) is 5.57. The van der Waals surface area contributed by atoms with Gasteiger partial charge < -0.3 is 9.84 Å². The molecule has 0 heterocycles. The summed E-state index contributed by atoms with van der Waals surface area (Å²) in [4.78, 5) is 10.3. The highest BCUT2D eigenvalue weighted by Gasteiger charge is 1.97. The van der Waals surface area contributed by atoms with Crippen molar-refractivity contribution in [2.75, 3.05) is 13.2 Å². The molecule has 0 spiro atoms. The lowest BCUT2D eigenvalue weighted by molar-refractivity contribution is -0.137. The summed E-state index contributed by atoms with van der Waals surface area (Å²) < 4.78 is 5.32. The van der Waals surface area contributed by atoms with Gasteiger partial charge in [-0.2, -0.15) is 0 Å². The van der Waals surface area contributed by atoms with E-state index in [0.29, 0.717) is 6.42 Å². The number of rotatable bonds is 17. The lowest BCUT2D eigenvalue weighted by Crippen LogP contribution is -1.93. The Morgan fingerprint density at radius 1 is 0.714 bits per heavy atom. The average Bonchev–Trinajstić information content (AvgIpc) is 2.46. The summed E-state index contributed by atoms with van der Waals surface area (Å²) in [6.45, 7) is 3.83. The molecule has 0 radical (unpaired) electrons. The van der Waals surface area contributed by atoms with E-state index in [1.807, 2.05) is 0 Å². The highest BCUT2D eigenvalue weighted by atomic mass is 16.5. The number of hydrogen-bond acceptors (Lipinski definition) is 2. The Morgan fingerprint density at radius 2 is 1.10 bits per heavy atom. The second-order valence-electron chi connectivity index (χ2n) is 5.94. The molecule has 3 heteroatoms. The van der Waals surface area contributed by atoms with E-state index in [0.717, 1.165) is 26.1 Å². The van der Waals surface area contributed by atoms with Crippen LogP contribution < -0.4 is 0 Å². The SMILES string of the molecule is CCOCCCCCCCCCCCCCCCC(=O)O. The summed E-state index contributed by atoms with van der Waals surface area (Å²) in [7, 11) is 0. The predicted molar refractivity (Wildman–Crippen MR) is 88.8 cm³/mol. The van der Waals surface area contributed by atoms with Crippen LogP contribution >= 0.6 is 0 Å². The molecule has 0 amide bonds. The normalized spacial score (nSPS) is 10.9. The maximum atomic E-state index is 10.3. The first-order valence-corrected chi connectivity index (χ1v) is 9.07. The summed E-state index contributed by atoms with van der Waals surface area (Å²) in [6, 6.07) is 0. The molecular weight excluding hydrogens is 264 g/mol. The van der Waals surface area contributed by atoms with Crippen molar-refractivity contribution in [2.45, 2.75) is 96.8 Å². The van der Waals surface area contributed by atoms with Crippen LogP contribution in [-0.4, -0.2) is 24.3 Å². The van der Waals surface area contributed by atoms with E-state index in [9.17, 15) is 4.79 Å². The van der Waals surface area contributed by atoms with E-state index in [2.05, 4.69) is 6.92 Å². The lowest BCUT2D eigenvalue weighted by atomic mass is 10.0. The topological polar surface area (TPSA) is 46.5 Å². The minimum Gasteiger partial charge on any atom is -0.481 e. The molecule has 126 valence electrons. The van der Waals surface area contributed by atoms with Crippen LogP contribution in [0.4, 0.5) is 0 Å². The van der Waals surface area contributed by atoms with Crippen molar-refractivity contribution in [3.05, 3.63) is 0 Å². The van der Waals surface area contributed by atoms with Crippen LogP contribution in [0.5, 0.6) is 0 Å². The third kappa shape index (κ3) is 19.4. The maximum absolute atomic E-state index is 10.3. The number of carbonyl (C=O) groups is 1. The van der Waals surface area contributed by atoms with E-state index in [4.69, 9.17) is 9.84 Å². The Labute approximate surface area is 131 Å². The first kappa shape index (κ1) is 20.4. The van der Waals surface area contributed by atoms with Crippen molar-refractivity contribution in [1.29, 1.82) is 0 Å². The summed E-state index contributed by atoms with van der Waals surface area (Å²) >= 11 is 0. The van der Waals surface area contributed by atoms with Gasteiger partial charge in [-0.05, 0) is 19.8 Å². The molecule has 0 rings (SSSR count). The standard InChI is InChI=1S/C18H36O3/c1-2-21-17-15-13-11-9-7-5-3-4-6-8-10-12-14-16-18(19)20/h2-17H2,1H3,(H,19,20). The monoisotopic (exact) mass is 300 g/mol. The van der Waals surface area contributed by atoms with Crippen molar-refractivity contribution in [2.24, 2.45) is 0 Å². The molecule has 0 saturated heterocycles. The molecule has 0 aromatic rings. The molecule has 0 aromatic heterocycles. The van der Waals surface area contributed by atoms with Crippen molar-refractivity contribution < 1.29 is 14.6 Å². The second-order valence-corrected chi connectivity index (χ2v) is 5.94. The third-order valence-corrected chi connectivity index (χ3v) is 3.88. The molecule has 1 N–H and O–H groups in total. The molecule has 0 aromatic carbocycles. The molecule has 0 aliphatic rings. The largest absolute Gasteiger partial charge is 0.481 e. The molecule has 0 aliphatic carbocycles. The van der Waals surface area contributed by atoms with Gasteiger partial charge in [0.15, 0.2) is 0 Å². The minimum absolute atomic E-state index is 0.338. The summed E-state index contributed by atoms with van der Waals surface area (Å²) in [5.41, 5.74) is 0. The number of ether oxygens (including phenoxy) is 1. The molecule has 0 aliphatic heterocycles. The highest BCUT2D eigenvalue weighted by Crippen LogP contribution is 2.12. The quantitative estimate of drug-likeness (QED) is 0.357. The maximum Gasteiger partial charge on any atom is 0.303 e. The fraction of sp³-hybridized carbons (Fsp3) is 0.944. The van der Waals surface area contributed by atoms with Crippen LogP contribution in [0.2, 0.25) is 0 Å². The van der Waals surface area contributed by atoms with Gasteiger partial charge in [0.1, 0.15) is 0 Å². The minimum atomic E-state index is -0.659. The van der Waals surface area contributed by atoms with Crippen molar-refractivity contribution in [1.82, 2.24) is 0 Å². The third-order valence-electron chi connectivity index (χ3n) is 3.88. The molecular formula is C18H36O3.